The van der Waals surface area contributed by atoms with E-state index < -0.39 is 0 Å². The van der Waals surface area contributed by atoms with E-state index in [0.29, 0.717) is 20.9 Å². The average molecular weight is 488 g/mol. The zero-order chi connectivity index (χ0) is 22.7. The first-order chi connectivity index (χ1) is 15.4. The normalized spacial score (nSPS) is 17.8. The van der Waals surface area contributed by atoms with Gasteiger partial charge in [0.15, 0.2) is 5.17 Å². The lowest BCUT2D eigenvalue weighted by molar-refractivity contribution is -0.119. The monoisotopic (exact) mass is 487 g/mol. The molecule has 2 aliphatic rings. The Bertz CT molecular complexity index is 1090. The van der Waals surface area contributed by atoms with Gasteiger partial charge in [-0.15, -0.1) is 0 Å². The summed E-state index contributed by atoms with van der Waals surface area (Å²) in [5, 5.41) is 4.41. The minimum Gasteiger partial charge on any atom is -0.353 e. The molecule has 32 heavy (non-hydrogen) atoms. The van der Waals surface area contributed by atoms with E-state index in [2.05, 4.69) is 10.3 Å². The Morgan fingerprint density at radius 1 is 1.16 bits per heavy atom. The summed E-state index contributed by atoms with van der Waals surface area (Å²) in [6.07, 6.45) is 6.05. The number of hydrogen-bond donors (Lipinski definition) is 1. The second-order valence-electron chi connectivity index (χ2n) is 7.91. The first-order valence-electron chi connectivity index (χ1n) is 10.5. The summed E-state index contributed by atoms with van der Waals surface area (Å²) >= 11 is 13.4. The number of hydrogen-bond acceptors (Lipinski definition) is 4. The van der Waals surface area contributed by atoms with Crippen molar-refractivity contribution in [1.29, 1.82) is 0 Å². The number of amides is 2. The number of carbonyl (C=O) groups is 2. The highest BCUT2D eigenvalue weighted by Crippen LogP contribution is 2.31. The van der Waals surface area contributed by atoms with Gasteiger partial charge in [-0.25, -0.2) is 4.99 Å². The van der Waals surface area contributed by atoms with Crippen LogP contribution in [0.1, 0.15) is 36.8 Å². The van der Waals surface area contributed by atoms with Crippen molar-refractivity contribution in [3.05, 3.63) is 69.3 Å². The Labute approximate surface area is 201 Å². The van der Waals surface area contributed by atoms with Crippen LogP contribution in [0.4, 0.5) is 5.69 Å². The molecule has 1 saturated carbocycles. The Balaban J connectivity index is 1.57. The van der Waals surface area contributed by atoms with E-state index in [1.54, 1.807) is 29.2 Å². The quantitative estimate of drug-likeness (QED) is 0.538. The Hall–Kier alpha value is -2.28. The van der Waals surface area contributed by atoms with Crippen molar-refractivity contribution in [2.45, 2.75) is 38.6 Å². The van der Waals surface area contributed by atoms with Crippen molar-refractivity contribution in [2.75, 3.05) is 10.7 Å². The number of thioether (sulfide) groups is 1. The van der Waals surface area contributed by atoms with Gasteiger partial charge in [-0.1, -0.05) is 71.6 Å². The van der Waals surface area contributed by atoms with Crippen molar-refractivity contribution in [2.24, 2.45) is 4.99 Å². The van der Waals surface area contributed by atoms with Gasteiger partial charge >= 0.3 is 0 Å². The predicted molar refractivity (Wildman–Crippen MR) is 133 cm³/mol. The van der Waals surface area contributed by atoms with Crippen LogP contribution >= 0.6 is 35.0 Å². The maximum atomic E-state index is 13.3. The van der Waals surface area contributed by atoms with Crippen LogP contribution in [0.5, 0.6) is 0 Å². The molecule has 1 N–H and O–H groups in total. The molecular weight excluding hydrogens is 465 g/mol. The van der Waals surface area contributed by atoms with Gasteiger partial charge in [0, 0.05) is 6.04 Å². The molecule has 1 aliphatic carbocycles. The summed E-state index contributed by atoms with van der Waals surface area (Å²) in [6, 6.07) is 13.1. The Morgan fingerprint density at radius 2 is 1.88 bits per heavy atom. The van der Waals surface area contributed by atoms with Gasteiger partial charge in [-0.2, -0.15) is 0 Å². The summed E-state index contributed by atoms with van der Waals surface area (Å²) in [6.45, 7) is 1.99. The molecular formula is C24H23Cl2N3O2S. The van der Waals surface area contributed by atoms with Gasteiger partial charge in [0.1, 0.15) is 5.70 Å². The van der Waals surface area contributed by atoms with E-state index in [4.69, 9.17) is 23.2 Å². The number of nitrogens with one attached hydrogen (secondary N) is 1. The molecule has 1 fully saturated rings. The standard InChI is InChI=1S/C24H23Cl2N3O2S/c1-15-6-9-18(10-7-15)29-23(31)21(13-16-8-11-19(25)20(26)12-16)28-24(29)32-14-22(30)27-17-4-2-3-5-17/h6-13,17H,2-5,14H2,1H3,(H,27,30). The zero-order valence-corrected chi connectivity index (χ0v) is 19.9. The smallest absolute Gasteiger partial charge is 0.283 e. The lowest BCUT2D eigenvalue weighted by Crippen LogP contribution is -2.35. The minimum absolute atomic E-state index is 0.0391. The molecule has 2 aromatic carbocycles. The molecule has 1 aliphatic heterocycles. The molecule has 0 radical (unpaired) electrons. The van der Waals surface area contributed by atoms with Gasteiger partial charge in [-0.05, 0) is 55.7 Å². The minimum atomic E-state index is -0.251. The molecule has 0 aromatic heterocycles. The number of anilines is 1. The molecule has 0 atom stereocenters. The lowest BCUT2D eigenvalue weighted by Gasteiger charge is -2.18. The molecule has 0 spiro atoms. The lowest BCUT2D eigenvalue weighted by atomic mass is 10.2. The fraction of sp³-hybridized carbons (Fsp3) is 0.292. The SMILES string of the molecule is Cc1ccc(N2C(=O)C(=Cc3ccc(Cl)c(Cl)c3)N=C2SCC(=O)NC2CCCC2)cc1. The molecule has 2 amide bonds. The molecule has 4 rings (SSSR count). The third kappa shape index (κ3) is 5.37. The van der Waals surface area contributed by atoms with E-state index in [9.17, 15) is 9.59 Å². The molecule has 5 nitrogen and oxygen atoms in total. The highest BCUT2D eigenvalue weighted by Gasteiger charge is 2.32. The van der Waals surface area contributed by atoms with Gasteiger partial charge in [0.2, 0.25) is 5.91 Å². The number of benzene rings is 2. The van der Waals surface area contributed by atoms with Crippen LogP contribution in [0.2, 0.25) is 10.0 Å². The maximum Gasteiger partial charge on any atom is 0.283 e. The number of amidine groups is 1. The molecule has 1 heterocycles. The first kappa shape index (κ1) is 22.9. The third-order valence-corrected chi connectivity index (χ3v) is 7.10. The van der Waals surface area contributed by atoms with Gasteiger partial charge in [-0.3, -0.25) is 14.5 Å². The number of rotatable bonds is 5. The van der Waals surface area contributed by atoms with Crippen LogP contribution in [0.3, 0.4) is 0 Å². The number of aryl methyl sites for hydroxylation is 1. The van der Waals surface area contributed by atoms with Crippen LogP contribution in [0, 0.1) is 6.92 Å². The number of aliphatic imine (C=N–C) groups is 1. The molecule has 0 saturated heterocycles. The van der Waals surface area contributed by atoms with Crippen molar-refractivity contribution in [3.63, 3.8) is 0 Å². The molecule has 0 unspecified atom stereocenters. The molecule has 0 bridgehead atoms. The fourth-order valence-corrected chi connectivity index (χ4v) is 4.87. The topological polar surface area (TPSA) is 61.8 Å². The van der Waals surface area contributed by atoms with Crippen LogP contribution in [-0.4, -0.2) is 28.8 Å². The van der Waals surface area contributed by atoms with E-state index in [-0.39, 0.29) is 29.3 Å². The largest absolute Gasteiger partial charge is 0.353 e. The summed E-state index contributed by atoms with van der Waals surface area (Å²) < 4.78 is 0. The maximum absolute atomic E-state index is 13.3. The van der Waals surface area contributed by atoms with Crippen LogP contribution in [-0.2, 0) is 9.59 Å². The van der Waals surface area contributed by atoms with Crippen LogP contribution in [0.25, 0.3) is 6.08 Å². The highest BCUT2D eigenvalue weighted by molar-refractivity contribution is 8.14. The van der Waals surface area contributed by atoms with E-state index in [1.807, 2.05) is 31.2 Å². The first-order valence-corrected chi connectivity index (χ1v) is 12.2. The summed E-state index contributed by atoms with van der Waals surface area (Å²) in [4.78, 5) is 31.8. The summed E-state index contributed by atoms with van der Waals surface area (Å²) in [5.74, 6) is -0.0909. The van der Waals surface area contributed by atoms with Crippen molar-refractivity contribution < 1.29 is 9.59 Å². The van der Waals surface area contributed by atoms with Crippen molar-refractivity contribution >= 4 is 63.7 Å². The molecule has 166 valence electrons. The Morgan fingerprint density at radius 3 is 2.56 bits per heavy atom. The highest BCUT2D eigenvalue weighted by atomic mass is 35.5. The average Bonchev–Trinajstić information content (AvgIpc) is 3.38. The zero-order valence-electron chi connectivity index (χ0n) is 17.6. The number of carbonyl (C=O) groups excluding carboxylic acids is 2. The predicted octanol–water partition coefficient (Wildman–Crippen LogP) is 5.84. The van der Waals surface area contributed by atoms with E-state index in [0.717, 1.165) is 36.8 Å². The van der Waals surface area contributed by atoms with Crippen LogP contribution < -0.4 is 10.2 Å². The van der Waals surface area contributed by atoms with Crippen LogP contribution in [0.15, 0.2) is 53.2 Å². The summed E-state index contributed by atoms with van der Waals surface area (Å²) in [5.41, 5.74) is 2.80. The fourth-order valence-electron chi connectivity index (χ4n) is 3.74. The Kier molecular flexibility index (Phi) is 7.23. The van der Waals surface area contributed by atoms with E-state index in [1.165, 1.54) is 11.8 Å². The second-order valence-corrected chi connectivity index (χ2v) is 9.67. The van der Waals surface area contributed by atoms with Gasteiger partial charge in [0.05, 0.1) is 21.5 Å². The molecule has 2 aromatic rings. The van der Waals surface area contributed by atoms with Crippen molar-refractivity contribution in [1.82, 2.24) is 5.32 Å². The molecule has 8 heteroatoms. The second kappa shape index (κ2) is 10.1. The van der Waals surface area contributed by atoms with Gasteiger partial charge < -0.3 is 5.32 Å². The van der Waals surface area contributed by atoms with E-state index >= 15 is 0 Å². The van der Waals surface area contributed by atoms with Crippen molar-refractivity contribution in [3.8, 4) is 0 Å². The number of nitrogens with zero attached hydrogens (tertiary/aromatic N) is 2. The number of halogens is 2. The summed E-state index contributed by atoms with van der Waals surface area (Å²) in [7, 11) is 0. The van der Waals surface area contributed by atoms with Gasteiger partial charge in [0.25, 0.3) is 5.91 Å². The third-order valence-electron chi connectivity index (χ3n) is 5.42.